The van der Waals surface area contributed by atoms with Crippen LogP contribution in [0.4, 0.5) is 0 Å². The minimum atomic E-state index is -1.50. The second kappa shape index (κ2) is 10.8. The summed E-state index contributed by atoms with van der Waals surface area (Å²) >= 11 is 0. The van der Waals surface area contributed by atoms with Crippen molar-refractivity contribution in [1.29, 1.82) is 0 Å². The fraction of sp³-hybridized carbons (Fsp3) is 0.259. The number of hydrogen-bond acceptors (Lipinski definition) is 8. The molecule has 12 nitrogen and oxygen atoms in total. The number of benzene rings is 2. The van der Waals surface area contributed by atoms with Crippen LogP contribution in [0, 0.1) is 5.92 Å². The molecule has 0 spiro atoms. The van der Waals surface area contributed by atoms with Gasteiger partial charge in [0.25, 0.3) is 12.9 Å². The molecule has 0 radical (unpaired) electrons. The predicted molar refractivity (Wildman–Crippen MR) is 131 cm³/mol. The second-order valence-electron chi connectivity index (χ2n) is 9.19. The van der Waals surface area contributed by atoms with Crippen molar-refractivity contribution in [2.75, 3.05) is 0 Å². The number of fused-ring (bicyclic) bond motifs is 2. The van der Waals surface area contributed by atoms with Crippen LogP contribution in [-0.4, -0.2) is 57.2 Å². The largest absolute Gasteiger partial charge is 0.481 e. The molecule has 2 aromatic carbocycles. The molecule has 0 saturated heterocycles. The molecule has 12 heteroatoms. The number of rotatable bonds is 11. The zero-order chi connectivity index (χ0) is 29.2. The van der Waals surface area contributed by atoms with E-state index in [2.05, 4.69) is 0 Å². The van der Waals surface area contributed by atoms with Gasteiger partial charge in [0.05, 0.1) is 17.5 Å². The molecule has 204 valence electrons. The number of ether oxygens (including phenoxy) is 2. The van der Waals surface area contributed by atoms with Crippen LogP contribution in [0.5, 0.6) is 11.5 Å². The highest BCUT2D eigenvalue weighted by Gasteiger charge is 2.45. The van der Waals surface area contributed by atoms with Crippen molar-refractivity contribution < 1.29 is 58.7 Å². The molecule has 2 aromatic rings. The predicted octanol–water partition coefficient (Wildman–Crippen LogP) is 3.05. The maximum absolute atomic E-state index is 12.0. The molecule has 0 fully saturated rings. The van der Waals surface area contributed by atoms with Crippen LogP contribution in [0.15, 0.2) is 35.9 Å². The summed E-state index contributed by atoms with van der Waals surface area (Å²) in [4.78, 5) is 69.4. The Morgan fingerprint density at radius 3 is 1.85 bits per heavy atom. The van der Waals surface area contributed by atoms with E-state index >= 15 is 0 Å². The molecule has 0 bridgehead atoms. The van der Waals surface area contributed by atoms with Gasteiger partial charge >= 0.3 is 23.9 Å². The van der Waals surface area contributed by atoms with E-state index in [1.54, 1.807) is 20.8 Å². The van der Waals surface area contributed by atoms with Crippen LogP contribution >= 0.6 is 0 Å². The summed E-state index contributed by atoms with van der Waals surface area (Å²) in [7, 11) is 0. The number of carboxylic acid groups (broad SMARTS) is 4. The highest BCUT2D eigenvalue weighted by Crippen LogP contribution is 2.54. The zero-order valence-electron chi connectivity index (χ0n) is 21.0. The standard InChI is InChI=1S/C27H24O12/c1-12(4-14(24(32)33)5-23(30)31)27(3)19-7-18(26(36)37)17(25(34)35)6-15(19)13(2)16-8-21(38-10-28)22(39-11-29)9-20(16)27/h4,6-13H,5H2,1-3H3,(H,30,31)(H,32,33)(H,34,35)(H,36,37)/b14-4+. The number of aliphatic carboxylic acids is 2. The molecule has 0 saturated carbocycles. The maximum atomic E-state index is 12.0. The molecule has 0 amide bonds. The first-order chi connectivity index (χ1) is 18.3. The SMILES string of the molecule is CC1c2cc(OC=O)c(OC=O)cc2C(C)(C(C)/C=C(\CC(=O)O)C(=O)O)c2cc(C(=O)O)c(C(=O)O)cc21. The Labute approximate surface area is 221 Å². The lowest BCUT2D eigenvalue weighted by Crippen LogP contribution is -2.38. The monoisotopic (exact) mass is 540 g/mol. The smallest absolute Gasteiger partial charge is 0.336 e. The summed E-state index contributed by atoms with van der Waals surface area (Å²) in [6.07, 6.45) is 0.442. The van der Waals surface area contributed by atoms with Crippen molar-refractivity contribution in [2.45, 2.75) is 38.5 Å². The third kappa shape index (κ3) is 5.08. The fourth-order valence-electron chi connectivity index (χ4n) is 5.09. The van der Waals surface area contributed by atoms with Gasteiger partial charge in [0.1, 0.15) is 0 Å². The Kier molecular flexibility index (Phi) is 7.89. The number of carbonyl (C=O) groups is 6. The van der Waals surface area contributed by atoms with Crippen molar-refractivity contribution in [1.82, 2.24) is 0 Å². The van der Waals surface area contributed by atoms with Crippen molar-refractivity contribution in [2.24, 2.45) is 5.92 Å². The lowest BCUT2D eigenvalue weighted by Gasteiger charge is -2.44. The molecular formula is C27H24O12. The summed E-state index contributed by atoms with van der Waals surface area (Å²) in [6, 6.07) is 5.26. The minimum Gasteiger partial charge on any atom is -0.481 e. The number of hydrogen-bond donors (Lipinski definition) is 4. The van der Waals surface area contributed by atoms with Gasteiger partial charge < -0.3 is 29.9 Å². The van der Waals surface area contributed by atoms with Crippen LogP contribution in [0.2, 0.25) is 0 Å². The van der Waals surface area contributed by atoms with Gasteiger partial charge in [-0.05, 0) is 52.4 Å². The first kappa shape index (κ1) is 28.6. The molecule has 39 heavy (non-hydrogen) atoms. The van der Waals surface area contributed by atoms with Crippen LogP contribution in [0.1, 0.15) is 76.1 Å². The lowest BCUT2D eigenvalue weighted by atomic mass is 9.58. The average molecular weight is 540 g/mol. The summed E-state index contributed by atoms with van der Waals surface area (Å²) in [5.74, 6) is -7.51. The van der Waals surface area contributed by atoms with Gasteiger partial charge in [-0.25, -0.2) is 14.4 Å². The molecule has 0 aromatic heterocycles. The average Bonchev–Trinajstić information content (AvgIpc) is 2.86. The molecule has 1 aliphatic rings. The molecule has 0 aliphatic heterocycles. The molecule has 3 rings (SSSR count). The summed E-state index contributed by atoms with van der Waals surface area (Å²) in [5, 5.41) is 38.3. The van der Waals surface area contributed by atoms with Gasteiger partial charge in [0.2, 0.25) is 0 Å². The third-order valence-corrected chi connectivity index (χ3v) is 7.15. The second-order valence-corrected chi connectivity index (χ2v) is 9.19. The van der Waals surface area contributed by atoms with Crippen LogP contribution in [0.3, 0.4) is 0 Å². The Hall–Kier alpha value is -5.00. The molecule has 3 unspecified atom stereocenters. The highest BCUT2D eigenvalue weighted by molar-refractivity contribution is 6.02. The minimum absolute atomic E-state index is 0.108. The fourth-order valence-corrected chi connectivity index (χ4v) is 5.09. The molecule has 3 atom stereocenters. The van der Waals surface area contributed by atoms with Crippen molar-refractivity contribution >= 4 is 36.8 Å². The Morgan fingerprint density at radius 1 is 0.872 bits per heavy atom. The van der Waals surface area contributed by atoms with Gasteiger partial charge in [-0.3, -0.25) is 14.4 Å². The summed E-state index contributed by atoms with van der Waals surface area (Å²) < 4.78 is 9.99. The van der Waals surface area contributed by atoms with Crippen molar-refractivity contribution in [3.8, 4) is 11.5 Å². The van der Waals surface area contributed by atoms with E-state index < -0.39 is 64.2 Å². The Morgan fingerprint density at radius 2 is 1.36 bits per heavy atom. The van der Waals surface area contributed by atoms with Gasteiger partial charge in [0.15, 0.2) is 11.5 Å². The van der Waals surface area contributed by atoms with Crippen LogP contribution in [-0.2, 0) is 24.6 Å². The Bertz CT molecular complexity index is 1440. The van der Waals surface area contributed by atoms with Crippen LogP contribution in [0.25, 0.3) is 0 Å². The van der Waals surface area contributed by atoms with E-state index in [1.165, 1.54) is 30.3 Å². The number of carboxylic acids is 4. The van der Waals surface area contributed by atoms with Gasteiger partial charge in [-0.15, -0.1) is 0 Å². The molecule has 0 heterocycles. The van der Waals surface area contributed by atoms with Crippen LogP contribution < -0.4 is 9.47 Å². The molecular weight excluding hydrogens is 516 g/mol. The van der Waals surface area contributed by atoms with E-state index in [0.717, 1.165) is 0 Å². The summed E-state index contributed by atoms with van der Waals surface area (Å²) in [5.41, 5.74) is -1.03. The highest BCUT2D eigenvalue weighted by atomic mass is 16.6. The molecule has 4 N–H and O–H groups in total. The number of aromatic carboxylic acids is 2. The number of carbonyl (C=O) groups excluding carboxylic acids is 2. The van der Waals surface area contributed by atoms with E-state index in [0.29, 0.717) is 22.3 Å². The normalized spacial score (nSPS) is 18.6. The van der Waals surface area contributed by atoms with Crippen molar-refractivity contribution in [3.63, 3.8) is 0 Å². The van der Waals surface area contributed by atoms with E-state index in [-0.39, 0.29) is 24.4 Å². The first-order valence-corrected chi connectivity index (χ1v) is 11.5. The lowest BCUT2D eigenvalue weighted by molar-refractivity contribution is -0.139. The van der Waals surface area contributed by atoms with E-state index in [9.17, 15) is 49.2 Å². The maximum Gasteiger partial charge on any atom is 0.336 e. The Balaban J connectivity index is 2.48. The number of allylic oxidation sites excluding steroid dienone is 1. The first-order valence-electron chi connectivity index (χ1n) is 11.5. The molecule has 1 aliphatic carbocycles. The quantitative estimate of drug-likeness (QED) is 0.240. The van der Waals surface area contributed by atoms with Gasteiger partial charge in [-0.1, -0.05) is 26.8 Å². The van der Waals surface area contributed by atoms with Gasteiger partial charge in [-0.2, -0.15) is 0 Å². The van der Waals surface area contributed by atoms with Gasteiger partial charge in [0, 0.05) is 16.9 Å². The zero-order valence-corrected chi connectivity index (χ0v) is 21.0. The third-order valence-electron chi connectivity index (χ3n) is 7.15. The van der Waals surface area contributed by atoms with E-state index in [1.807, 2.05) is 0 Å². The topological polar surface area (TPSA) is 202 Å². The van der Waals surface area contributed by atoms with Crippen molar-refractivity contribution in [3.05, 3.63) is 69.3 Å². The van der Waals surface area contributed by atoms with E-state index in [4.69, 9.17) is 9.47 Å². The summed E-state index contributed by atoms with van der Waals surface area (Å²) in [6.45, 7) is 5.18.